The van der Waals surface area contributed by atoms with Crippen LogP contribution in [0.5, 0.6) is 5.75 Å². The molecule has 1 N–H and O–H groups in total. The van der Waals surface area contributed by atoms with Gasteiger partial charge in [0, 0.05) is 23.0 Å². The number of nitrogens with zero attached hydrogens (tertiary/aromatic N) is 1. The summed E-state index contributed by atoms with van der Waals surface area (Å²) in [6.45, 7) is 2.03. The minimum Gasteiger partial charge on any atom is -0.423 e. The molecule has 2 aliphatic heterocycles. The SMILES string of the molecule is C[C@@]12CC(=O)N[C@@H]1N(C(=O)c1ccccc1)[C@H](c1ccccc1OC(=O)c1ccccc1)C2. The molecule has 3 aromatic carbocycles. The molecule has 0 saturated carbocycles. The van der Waals surface area contributed by atoms with E-state index in [1.54, 1.807) is 53.4 Å². The highest BCUT2D eigenvalue weighted by Gasteiger charge is 2.57. The summed E-state index contributed by atoms with van der Waals surface area (Å²) >= 11 is 0. The van der Waals surface area contributed by atoms with E-state index in [9.17, 15) is 14.4 Å². The van der Waals surface area contributed by atoms with Gasteiger partial charge >= 0.3 is 5.97 Å². The molecule has 3 aromatic rings. The number of hydrogen-bond acceptors (Lipinski definition) is 4. The molecule has 0 unspecified atom stereocenters. The molecular weight excluding hydrogens is 416 g/mol. The average molecular weight is 440 g/mol. The molecule has 2 heterocycles. The van der Waals surface area contributed by atoms with Crippen molar-refractivity contribution < 1.29 is 19.1 Å². The third-order valence-corrected chi connectivity index (χ3v) is 6.54. The van der Waals surface area contributed by atoms with Crippen LogP contribution < -0.4 is 10.1 Å². The maximum atomic E-state index is 13.6. The molecule has 0 radical (unpaired) electrons. The topological polar surface area (TPSA) is 75.7 Å². The van der Waals surface area contributed by atoms with Crippen LogP contribution in [0.15, 0.2) is 84.9 Å². The summed E-state index contributed by atoms with van der Waals surface area (Å²) in [6.07, 6.45) is 0.494. The number of nitrogens with one attached hydrogen (secondary N) is 1. The van der Waals surface area contributed by atoms with Gasteiger partial charge in [0.05, 0.1) is 11.6 Å². The first-order chi connectivity index (χ1) is 16.0. The second kappa shape index (κ2) is 8.20. The standard InChI is InChI=1S/C27H24N2O4/c1-27-16-21(20-14-8-9-15-22(20)33-25(32)19-12-6-3-7-13-19)29(26(27)28-23(30)17-27)24(31)18-10-4-2-5-11-18/h2-15,21,26H,16-17H2,1H3,(H,28,30)/t21-,26+,27+/m0/s1. The quantitative estimate of drug-likeness (QED) is 0.484. The molecule has 33 heavy (non-hydrogen) atoms. The van der Waals surface area contributed by atoms with Gasteiger partial charge in [0.2, 0.25) is 5.91 Å². The van der Waals surface area contributed by atoms with Gasteiger partial charge < -0.3 is 15.0 Å². The zero-order valence-corrected chi connectivity index (χ0v) is 18.2. The minimum atomic E-state index is -0.457. The predicted octanol–water partition coefficient (Wildman–Crippen LogP) is 4.35. The molecular formula is C27H24N2O4. The number of carbonyl (C=O) groups is 3. The number of ether oxygens (including phenoxy) is 1. The Morgan fingerprint density at radius 1 is 0.909 bits per heavy atom. The Balaban J connectivity index is 1.53. The first-order valence-corrected chi connectivity index (χ1v) is 11.0. The summed E-state index contributed by atoms with van der Waals surface area (Å²) in [4.78, 5) is 40.4. The maximum Gasteiger partial charge on any atom is 0.343 e. The Morgan fingerprint density at radius 3 is 2.21 bits per heavy atom. The van der Waals surface area contributed by atoms with Crippen molar-refractivity contribution in [3.05, 3.63) is 102 Å². The molecule has 0 spiro atoms. The number of amides is 2. The molecule has 2 fully saturated rings. The highest BCUT2D eigenvalue weighted by atomic mass is 16.5. The summed E-state index contributed by atoms with van der Waals surface area (Å²) in [5, 5.41) is 3.00. The Bertz CT molecular complexity index is 1210. The van der Waals surface area contributed by atoms with Crippen molar-refractivity contribution in [2.24, 2.45) is 5.41 Å². The van der Waals surface area contributed by atoms with Gasteiger partial charge in [-0.2, -0.15) is 0 Å². The van der Waals surface area contributed by atoms with E-state index in [-0.39, 0.29) is 17.9 Å². The molecule has 5 rings (SSSR count). The highest BCUT2D eigenvalue weighted by Crippen LogP contribution is 2.53. The van der Waals surface area contributed by atoms with Gasteiger partial charge in [-0.3, -0.25) is 9.59 Å². The number of benzene rings is 3. The fourth-order valence-electron chi connectivity index (χ4n) is 4.98. The van der Waals surface area contributed by atoms with E-state index in [4.69, 9.17) is 4.74 Å². The summed E-state index contributed by atoms with van der Waals surface area (Å²) in [5.41, 5.74) is 1.33. The lowest BCUT2D eigenvalue weighted by Gasteiger charge is -2.32. The third-order valence-electron chi connectivity index (χ3n) is 6.54. The molecule has 166 valence electrons. The van der Waals surface area contributed by atoms with Crippen LogP contribution in [0.1, 0.15) is 52.1 Å². The van der Waals surface area contributed by atoms with E-state index in [0.717, 1.165) is 5.56 Å². The summed E-state index contributed by atoms with van der Waals surface area (Å²) in [7, 11) is 0. The zero-order valence-electron chi connectivity index (χ0n) is 18.2. The second-order valence-electron chi connectivity index (χ2n) is 8.89. The van der Waals surface area contributed by atoms with E-state index in [1.807, 2.05) is 43.3 Å². The van der Waals surface area contributed by atoms with Gasteiger partial charge in [-0.15, -0.1) is 0 Å². The fourth-order valence-corrected chi connectivity index (χ4v) is 4.98. The second-order valence-corrected chi connectivity index (χ2v) is 8.89. The van der Waals surface area contributed by atoms with Crippen LogP contribution in [0, 0.1) is 5.41 Å². The van der Waals surface area contributed by atoms with Gasteiger partial charge in [-0.05, 0) is 36.8 Å². The fraction of sp³-hybridized carbons (Fsp3) is 0.222. The summed E-state index contributed by atoms with van der Waals surface area (Å²) < 4.78 is 5.79. The van der Waals surface area contributed by atoms with Crippen molar-refractivity contribution in [2.45, 2.75) is 32.0 Å². The number of likely N-dealkylation sites (tertiary alicyclic amines) is 1. The van der Waals surface area contributed by atoms with Crippen LogP contribution in [-0.2, 0) is 4.79 Å². The molecule has 2 aliphatic rings. The van der Waals surface area contributed by atoms with E-state index in [2.05, 4.69) is 5.32 Å². The van der Waals surface area contributed by atoms with Crippen LogP contribution in [0.2, 0.25) is 0 Å². The number of fused-ring (bicyclic) bond motifs is 1. The van der Waals surface area contributed by atoms with Crippen LogP contribution >= 0.6 is 0 Å². The number of carbonyl (C=O) groups excluding carboxylic acids is 3. The zero-order chi connectivity index (χ0) is 23.0. The summed E-state index contributed by atoms with van der Waals surface area (Å²) in [5.74, 6) is -0.268. The largest absolute Gasteiger partial charge is 0.423 e. The number of rotatable bonds is 4. The lowest BCUT2D eigenvalue weighted by atomic mass is 9.83. The molecule has 0 aromatic heterocycles. The molecule has 2 amide bonds. The van der Waals surface area contributed by atoms with E-state index < -0.39 is 17.6 Å². The number of hydrogen-bond donors (Lipinski definition) is 1. The van der Waals surface area contributed by atoms with Crippen molar-refractivity contribution in [2.75, 3.05) is 0 Å². The van der Waals surface area contributed by atoms with E-state index in [1.165, 1.54) is 0 Å². The molecule has 0 bridgehead atoms. The van der Waals surface area contributed by atoms with Crippen molar-refractivity contribution in [1.29, 1.82) is 0 Å². The molecule has 6 heteroatoms. The first-order valence-electron chi connectivity index (χ1n) is 11.0. The lowest BCUT2D eigenvalue weighted by molar-refractivity contribution is -0.120. The molecule has 2 saturated heterocycles. The molecule has 0 aliphatic carbocycles. The Morgan fingerprint density at radius 2 is 1.52 bits per heavy atom. The maximum absolute atomic E-state index is 13.6. The Labute approximate surface area is 192 Å². The third kappa shape index (κ3) is 3.78. The normalized spacial score (nSPS) is 23.7. The van der Waals surface area contributed by atoms with Crippen molar-refractivity contribution in [1.82, 2.24) is 10.2 Å². The monoisotopic (exact) mass is 440 g/mol. The average Bonchev–Trinajstić information content (AvgIpc) is 3.28. The Kier molecular flexibility index (Phi) is 5.21. The van der Waals surface area contributed by atoms with Crippen LogP contribution in [0.4, 0.5) is 0 Å². The molecule has 3 atom stereocenters. The highest BCUT2D eigenvalue weighted by molar-refractivity contribution is 5.96. The van der Waals surface area contributed by atoms with E-state index in [0.29, 0.717) is 29.7 Å². The smallest absolute Gasteiger partial charge is 0.343 e. The van der Waals surface area contributed by atoms with Crippen LogP contribution in [-0.4, -0.2) is 28.8 Å². The van der Waals surface area contributed by atoms with Crippen LogP contribution in [0.25, 0.3) is 0 Å². The van der Waals surface area contributed by atoms with E-state index >= 15 is 0 Å². The van der Waals surface area contributed by atoms with Gasteiger partial charge in [0.15, 0.2) is 0 Å². The van der Waals surface area contributed by atoms with Crippen molar-refractivity contribution >= 4 is 17.8 Å². The molecule has 6 nitrogen and oxygen atoms in total. The lowest BCUT2D eigenvalue weighted by Crippen LogP contribution is -2.47. The Hall–Kier alpha value is -3.93. The summed E-state index contributed by atoms with van der Waals surface area (Å²) in [6, 6.07) is 24.8. The van der Waals surface area contributed by atoms with Gasteiger partial charge in [-0.1, -0.05) is 61.5 Å². The number of esters is 1. The van der Waals surface area contributed by atoms with Gasteiger partial charge in [-0.25, -0.2) is 4.79 Å². The predicted molar refractivity (Wildman–Crippen MR) is 122 cm³/mol. The van der Waals surface area contributed by atoms with Crippen LogP contribution in [0.3, 0.4) is 0 Å². The van der Waals surface area contributed by atoms with Crippen molar-refractivity contribution in [3.63, 3.8) is 0 Å². The van der Waals surface area contributed by atoms with Gasteiger partial charge in [0.1, 0.15) is 11.9 Å². The minimum absolute atomic E-state index is 0.0596. The van der Waals surface area contributed by atoms with Crippen molar-refractivity contribution in [3.8, 4) is 5.75 Å². The first kappa shape index (κ1) is 20.9. The number of para-hydroxylation sites is 1. The van der Waals surface area contributed by atoms with Gasteiger partial charge in [0.25, 0.3) is 5.91 Å².